The molecule has 5 nitrogen and oxygen atoms in total. The second-order valence-corrected chi connectivity index (χ2v) is 5.38. The van der Waals surface area contributed by atoms with Gasteiger partial charge in [-0.3, -0.25) is 4.79 Å². The number of amides is 1. The first-order chi connectivity index (χ1) is 9.97. The number of hydrogen-bond acceptors (Lipinski definition) is 3. The standard InChI is InChI=1S/C16H18N2O3/c1-10(2)9-14(16(20)21)18-15(19)13-8-7-11-5-3-4-6-12(11)17-13/h3-8,10,14H,9H2,1-2H3,(H,18,19)(H,20,21)/t14-/m1/s1. The predicted molar refractivity (Wildman–Crippen MR) is 80.1 cm³/mol. The minimum Gasteiger partial charge on any atom is -0.480 e. The maximum absolute atomic E-state index is 12.1. The molecule has 0 radical (unpaired) electrons. The van der Waals surface area contributed by atoms with Crippen LogP contribution in [-0.2, 0) is 4.79 Å². The molecule has 0 saturated heterocycles. The Kier molecular flexibility index (Phi) is 4.52. The molecule has 0 spiro atoms. The fourth-order valence-corrected chi connectivity index (χ4v) is 2.12. The summed E-state index contributed by atoms with van der Waals surface area (Å²) in [7, 11) is 0. The van der Waals surface area contributed by atoms with E-state index in [0.717, 1.165) is 5.39 Å². The molecule has 0 aliphatic heterocycles. The van der Waals surface area contributed by atoms with E-state index in [1.54, 1.807) is 12.1 Å². The lowest BCUT2D eigenvalue weighted by molar-refractivity contribution is -0.139. The number of hydrogen-bond donors (Lipinski definition) is 2. The monoisotopic (exact) mass is 286 g/mol. The summed E-state index contributed by atoms with van der Waals surface area (Å²) in [5.41, 5.74) is 0.935. The Hall–Kier alpha value is -2.43. The third kappa shape index (κ3) is 3.78. The summed E-state index contributed by atoms with van der Waals surface area (Å²) in [4.78, 5) is 27.6. The highest BCUT2D eigenvalue weighted by Crippen LogP contribution is 2.12. The van der Waals surface area contributed by atoms with E-state index in [-0.39, 0.29) is 11.6 Å². The number of carbonyl (C=O) groups excluding carboxylic acids is 1. The molecular formula is C16H18N2O3. The van der Waals surface area contributed by atoms with Crippen LogP contribution >= 0.6 is 0 Å². The zero-order valence-corrected chi connectivity index (χ0v) is 12.0. The molecule has 21 heavy (non-hydrogen) atoms. The van der Waals surface area contributed by atoms with Crippen molar-refractivity contribution in [2.24, 2.45) is 5.92 Å². The molecule has 1 heterocycles. The second-order valence-electron chi connectivity index (χ2n) is 5.38. The molecule has 2 aromatic rings. The predicted octanol–water partition coefficient (Wildman–Crippen LogP) is 2.46. The van der Waals surface area contributed by atoms with Gasteiger partial charge in [0.05, 0.1) is 5.52 Å². The Labute approximate surface area is 123 Å². The molecule has 110 valence electrons. The molecule has 0 bridgehead atoms. The van der Waals surface area contributed by atoms with Crippen LogP contribution in [0.1, 0.15) is 30.8 Å². The zero-order chi connectivity index (χ0) is 15.4. The van der Waals surface area contributed by atoms with Crippen molar-refractivity contribution in [2.45, 2.75) is 26.3 Å². The van der Waals surface area contributed by atoms with Crippen LogP contribution < -0.4 is 5.32 Å². The molecule has 0 aliphatic carbocycles. The smallest absolute Gasteiger partial charge is 0.326 e. The summed E-state index contributed by atoms with van der Waals surface area (Å²) >= 11 is 0. The van der Waals surface area contributed by atoms with Gasteiger partial charge in [-0.15, -0.1) is 0 Å². The van der Waals surface area contributed by atoms with E-state index < -0.39 is 17.9 Å². The number of fused-ring (bicyclic) bond motifs is 1. The van der Waals surface area contributed by atoms with Crippen LogP contribution in [-0.4, -0.2) is 28.0 Å². The fourth-order valence-electron chi connectivity index (χ4n) is 2.12. The van der Waals surface area contributed by atoms with Gasteiger partial charge in [0, 0.05) is 5.39 Å². The van der Waals surface area contributed by atoms with Crippen LogP contribution in [0.25, 0.3) is 10.9 Å². The Balaban J connectivity index is 2.19. The molecule has 0 unspecified atom stereocenters. The number of aliphatic carboxylic acids is 1. The summed E-state index contributed by atoms with van der Waals surface area (Å²) in [5.74, 6) is -1.32. The van der Waals surface area contributed by atoms with Crippen molar-refractivity contribution in [2.75, 3.05) is 0 Å². The summed E-state index contributed by atoms with van der Waals surface area (Å²) in [6.07, 6.45) is 0.384. The van der Waals surface area contributed by atoms with E-state index in [1.807, 2.05) is 38.1 Å². The van der Waals surface area contributed by atoms with Crippen LogP contribution in [0.4, 0.5) is 0 Å². The van der Waals surface area contributed by atoms with Gasteiger partial charge in [-0.05, 0) is 24.5 Å². The average molecular weight is 286 g/mol. The highest BCUT2D eigenvalue weighted by molar-refractivity contribution is 5.96. The lowest BCUT2D eigenvalue weighted by Crippen LogP contribution is -2.41. The van der Waals surface area contributed by atoms with Crippen LogP contribution in [0, 0.1) is 5.92 Å². The second kappa shape index (κ2) is 6.35. The van der Waals surface area contributed by atoms with E-state index in [9.17, 15) is 9.59 Å². The maximum Gasteiger partial charge on any atom is 0.326 e. The summed E-state index contributed by atoms with van der Waals surface area (Å²) in [6.45, 7) is 3.83. The quantitative estimate of drug-likeness (QED) is 0.885. The number of nitrogens with one attached hydrogen (secondary N) is 1. The number of carbonyl (C=O) groups is 2. The highest BCUT2D eigenvalue weighted by atomic mass is 16.4. The van der Waals surface area contributed by atoms with Crippen molar-refractivity contribution in [3.63, 3.8) is 0 Å². The minimum atomic E-state index is -1.03. The first kappa shape index (κ1) is 15.0. The van der Waals surface area contributed by atoms with E-state index in [0.29, 0.717) is 11.9 Å². The number of nitrogens with zero attached hydrogens (tertiary/aromatic N) is 1. The molecule has 1 atom stereocenters. The van der Waals surface area contributed by atoms with Crippen LogP contribution in [0.15, 0.2) is 36.4 Å². The SMILES string of the molecule is CC(C)C[C@@H](NC(=O)c1ccc2ccccc2n1)C(=O)O. The van der Waals surface area contributed by atoms with Gasteiger partial charge in [-0.2, -0.15) is 0 Å². The van der Waals surface area contributed by atoms with Gasteiger partial charge in [-0.1, -0.05) is 38.1 Å². The largest absolute Gasteiger partial charge is 0.480 e. The number of benzene rings is 1. The number of carboxylic acids is 1. The van der Waals surface area contributed by atoms with Crippen molar-refractivity contribution < 1.29 is 14.7 Å². The molecule has 0 aliphatic rings. The van der Waals surface area contributed by atoms with E-state index in [1.165, 1.54) is 0 Å². The highest BCUT2D eigenvalue weighted by Gasteiger charge is 2.22. The Bertz CT molecular complexity index is 667. The number of pyridine rings is 1. The van der Waals surface area contributed by atoms with Crippen molar-refractivity contribution in [1.82, 2.24) is 10.3 Å². The van der Waals surface area contributed by atoms with Gasteiger partial charge in [-0.25, -0.2) is 9.78 Å². The van der Waals surface area contributed by atoms with E-state index in [4.69, 9.17) is 5.11 Å². The first-order valence-electron chi connectivity index (χ1n) is 6.87. The van der Waals surface area contributed by atoms with Crippen LogP contribution in [0.2, 0.25) is 0 Å². The molecule has 1 amide bonds. The molecule has 0 fully saturated rings. The van der Waals surface area contributed by atoms with E-state index >= 15 is 0 Å². The number of rotatable bonds is 5. The van der Waals surface area contributed by atoms with Gasteiger partial charge >= 0.3 is 5.97 Å². The van der Waals surface area contributed by atoms with Crippen molar-refractivity contribution >= 4 is 22.8 Å². The molecule has 2 rings (SSSR count). The van der Waals surface area contributed by atoms with Crippen molar-refractivity contribution in [3.05, 3.63) is 42.1 Å². The van der Waals surface area contributed by atoms with E-state index in [2.05, 4.69) is 10.3 Å². The van der Waals surface area contributed by atoms with Gasteiger partial charge in [0.15, 0.2) is 0 Å². The fraction of sp³-hybridized carbons (Fsp3) is 0.312. The van der Waals surface area contributed by atoms with Crippen molar-refractivity contribution in [1.29, 1.82) is 0 Å². The molecular weight excluding hydrogens is 268 g/mol. The summed E-state index contributed by atoms with van der Waals surface area (Å²) in [5, 5.41) is 12.6. The number of para-hydroxylation sites is 1. The summed E-state index contributed by atoms with van der Waals surface area (Å²) in [6, 6.07) is 9.97. The molecule has 1 aromatic heterocycles. The number of aromatic nitrogens is 1. The van der Waals surface area contributed by atoms with Crippen LogP contribution in [0.3, 0.4) is 0 Å². The molecule has 2 N–H and O–H groups in total. The third-order valence-electron chi connectivity index (χ3n) is 3.14. The lowest BCUT2D eigenvalue weighted by Gasteiger charge is -2.16. The first-order valence-corrected chi connectivity index (χ1v) is 6.87. The van der Waals surface area contributed by atoms with Gasteiger partial charge in [0.25, 0.3) is 5.91 Å². The Morgan fingerprint density at radius 3 is 2.57 bits per heavy atom. The normalized spacial score (nSPS) is 12.3. The van der Waals surface area contributed by atoms with Gasteiger partial charge in [0.1, 0.15) is 11.7 Å². The lowest BCUT2D eigenvalue weighted by atomic mass is 10.0. The van der Waals surface area contributed by atoms with Gasteiger partial charge in [0.2, 0.25) is 0 Å². The average Bonchev–Trinajstić information content (AvgIpc) is 2.45. The zero-order valence-electron chi connectivity index (χ0n) is 12.0. The Morgan fingerprint density at radius 2 is 1.90 bits per heavy atom. The molecule has 0 saturated carbocycles. The summed E-state index contributed by atoms with van der Waals surface area (Å²) < 4.78 is 0. The topological polar surface area (TPSA) is 79.3 Å². The molecule has 1 aromatic carbocycles. The maximum atomic E-state index is 12.1. The molecule has 5 heteroatoms. The number of carboxylic acid groups (broad SMARTS) is 1. The Morgan fingerprint density at radius 1 is 1.19 bits per heavy atom. The van der Waals surface area contributed by atoms with Crippen molar-refractivity contribution in [3.8, 4) is 0 Å². The third-order valence-corrected chi connectivity index (χ3v) is 3.14. The van der Waals surface area contributed by atoms with Crippen LogP contribution in [0.5, 0.6) is 0 Å². The van der Waals surface area contributed by atoms with Gasteiger partial charge < -0.3 is 10.4 Å². The minimum absolute atomic E-state index is 0.177.